The Morgan fingerprint density at radius 3 is 2.07 bits per heavy atom. The van der Waals surface area contributed by atoms with Crippen molar-refractivity contribution in [3.8, 4) is 0 Å². The number of allylic oxidation sites excluding steroid dienone is 2. The summed E-state index contributed by atoms with van der Waals surface area (Å²) in [5.74, 6) is -0.407. The summed E-state index contributed by atoms with van der Waals surface area (Å²) in [5, 5.41) is 0. The number of fused-ring (bicyclic) bond motifs is 1. The molecular formula is C11H9NO2. The van der Waals surface area contributed by atoms with Gasteiger partial charge in [0.15, 0.2) is 5.78 Å². The van der Waals surface area contributed by atoms with Crippen molar-refractivity contribution in [2.75, 3.05) is 0 Å². The zero-order valence-corrected chi connectivity index (χ0v) is 7.70. The molecule has 0 heterocycles. The lowest BCUT2D eigenvalue weighted by Gasteiger charge is -2.15. The molecule has 1 aliphatic carbocycles. The molecule has 0 unspecified atom stereocenters. The van der Waals surface area contributed by atoms with Gasteiger partial charge in [-0.3, -0.25) is 9.59 Å². The van der Waals surface area contributed by atoms with Gasteiger partial charge in [-0.1, -0.05) is 24.3 Å². The monoisotopic (exact) mass is 187 g/mol. The van der Waals surface area contributed by atoms with Crippen LogP contribution in [0.2, 0.25) is 0 Å². The molecule has 0 atom stereocenters. The van der Waals surface area contributed by atoms with Crippen molar-refractivity contribution in [3.05, 3.63) is 46.7 Å². The minimum Gasteiger partial charge on any atom is -0.395 e. The predicted molar refractivity (Wildman–Crippen MR) is 52.0 cm³/mol. The summed E-state index contributed by atoms with van der Waals surface area (Å²) in [6.45, 7) is 1.57. The molecule has 1 aliphatic rings. The Balaban J connectivity index is 2.73. The Labute approximate surface area is 81.2 Å². The molecule has 0 radical (unpaired) electrons. The van der Waals surface area contributed by atoms with Crippen molar-refractivity contribution in [2.24, 2.45) is 5.73 Å². The van der Waals surface area contributed by atoms with Gasteiger partial charge in [-0.15, -0.1) is 0 Å². The maximum atomic E-state index is 11.7. The lowest BCUT2D eigenvalue weighted by atomic mass is 9.88. The zero-order valence-electron chi connectivity index (χ0n) is 7.70. The van der Waals surface area contributed by atoms with Gasteiger partial charge in [-0.05, 0) is 6.92 Å². The third-order valence-electron chi connectivity index (χ3n) is 2.41. The molecule has 0 fully saturated rings. The quantitative estimate of drug-likeness (QED) is 0.665. The van der Waals surface area contributed by atoms with E-state index >= 15 is 0 Å². The van der Waals surface area contributed by atoms with Crippen LogP contribution >= 0.6 is 0 Å². The Kier molecular flexibility index (Phi) is 1.74. The standard InChI is InChI=1S/C11H9NO2/c1-6-9(12)11(14)8-5-3-2-4-7(8)10(6)13/h2-5H,12H2,1H3. The maximum Gasteiger partial charge on any atom is 0.209 e. The molecule has 3 heteroatoms. The van der Waals surface area contributed by atoms with Crippen LogP contribution in [-0.2, 0) is 0 Å². The number of hydrogen-bond donors (Lipinski definition) is 1. The molecule has 0 aliphatic heterocycles. The summed E-state index contributed by atoms with van der Waals surface area (Å²) < 4.78 is 0. The summed E-state index contributed by atoms with van der Waals surface area (Å²) in [6.07, 6.45) is 0. The normalized spacial score (nSPS) is 15.8. The maximum absolute atomic E-state index is 11.7. The first-order valence-corrected chi connectivity index (χ1v) is 4.27. The van der Waals surface area contributed by atoms with E-state index in [0.29, 0.717) is 16.7 Å². The van der Waals surface area contributed by atoms with Gasteiger partial charge in [0.2, 0.25) is 5.78 Å². The van der Waals surface area contributed by atoms with Gasteiger partial charge < -0.3 is 5.73 Å². The first-order valence-electron chi connectivity index (χ1n) is 4.27. The van der Waals surface area contributed by atoms with E-state index in [1.165, 1.54) is 0 Å². The topological polar surface area (TPSA) is 60.2 Å². The van der Waals surface area contributed by atoms with Crippen LogP contribution in [0.1, 0.15) is 27.6 Å². The van der Waals surface area contributed by atoms with Gasteiger partial charge in [0.05, 0.1) is 5.70 Å². The molecule has 1 aromatic carbocycles. The highest BCUT2D eigenvalue weighted by molar-refractivity contribution is 6.26. The van der Waals surface area contributed by atoms with Crippen LogP contribution in [0.5, 0.6) is 0 Å². The van der Waals surface area contributed by atoms with Gasteiger partial charge in [0, 0.05) is 16.7 Å². The molecule has 2 N–H and O–H groups in total. The number of rotatable bonds is 0. The summed E-state index contributed by atoms with van der Waals surface area (Å²) in [6, 6.07) is 6.72. The van der Waals surface area contributed by atoms with Crippen molar-refractivity contribution in [1.29, 1.82) is 0 Å². The van der Waals surface area contributed by atoms with Crippen LogP contribution in [0.15, 0.2) is 35.5 Å². The summed E-state index contributed by atoms with van der Waals surface area (Å²) in [7, 11) is 0. The van der Waals surface area contributed by atoms with Crippen LogP contribution < -0.4 is 5.73 Å². The molecule has 0 amide bonds. The lowest BCUT2D eigenvalue weighted by molar-refractivity contribution is 0.0973. The second kappa shape index (κ2) is 2.80. The van der Waals surface area contributed by atoms with E-state index in [1.54, 1.807) is 31.2 Å². The number of carbonyl (C=O) groups excluding carboxylic acids is 2. The SMILES string of the molecule is CC1=C(N)C(=O)c2ccccc2C1=O. The molecule has 3 nitrogen and oxygen atoms in total. The second-order valence-corrected chi connectivity index (χ2v) is 3.24. The molecule has 0 spiro atoms. The van der Waals surface area contributed by atoms with E-state index in [9.17, 15) is 9.59 Å². The van der Waals surface area contributed by atoms with E-state index in [0.717, 1.165) is 0 Å². The third kappa shape index (κ3) is 0.988. The molecule has 1 aromatic rings. The van der Waals surface area contributed by atoms with Gasteiger partial charge in [-0.25, -0.2) is 0 Å². The highest BCUT2D eigenvalue weighted by Crippen LogP contribution is 2.22. The van der Waals surface area contributed by atoms with E-state index in [1.807, 2.05) is 0 Å². The van der Waals surface area contributed by atoms with E-state index in [2.05, 4.69) is 0 Å². The highest BCUT2D eigenvalue weighted by atomic mass is 16.1. The van der Waals surface area contributed by atoms with Gasteiger partial charge in [0.1, 0.15) is 0 Å². The van der Waals surface area contributed by atoms with Gasteiger partial charge in [0.25, 0.3) is 0 Å². The van der Waals surface area contributed by atoms with Crippen molar-refractivity contribution < 1.29 is 9.59 Å². The van der Waals surface area contributed by atoms with Gasteiger partial charge in [-0.2, -0.15) is 0 Å². The van der Waals surface area contributed by atoms with Crippen LogP contribution in [-0.4, -0.2) is 11.6 Å². The summed E-state index contributed by atoms with van der Waals surface area (Å²) in [4.78, 5) is 23.3. The first kappa shape index (κ1) is 8.69. The van der Waals surface area contributed by atoms with Crippen molar-refractivity contribution in [1.82, 2.24) is 0 Å². The second-order valence-electron chi connectivity index (χ2n) is 3.24. The fourth-order valence-electron chi connectivity index (χ4n) is 1.52. The van der Waals surface area contributed by atoms with Crippen LogP contribution in [0.3, 0.4) is 0 Å². The third-order valence-corrected chi connectivity index (χ3v) is 2.41. The van der Waals surface area contributed by atoms with Crippen LogP contribution in [0.4, 0.5) is 0 Å². The molecule has 0 saturated heterocycles. The van der Waals surface area contributed by atoms with Crippen molar-refractivity contribution in [3.63, 3.8) is 0 Å². The molecule has 0 saturated carbocycles. The fraction of sp³-hybridized carbons (Fsp3) is 0.0909. The molecular weight excluding hydrogens is 178 g/mol. The van der Waals surface area contributed by atoms with E-state index < -0.39 is 0 Å². The van der Waals surface area contributed by atoms with Crippen LogP contribution in [0.25, 0.3) is 0 Å². The first-order chi connectivity index (χ1) is 6.63. The Morgan fingerprint density at radius 2 is 1.50 bits per heavy atom. The Morgan fingerprint density at radius 1 is 1.00 bits per heavy atom. The smallest absolute Gasteiger partial charge is 0.209 e. The number of ketones is 2. The lowest BCUT2D eigenvalue weighted by Crippen LogP contribution is -2.25. The van der Waals surface area contributed by atoms with Crippen LogP contribution in [0, 0.1) is 0 Å². The van der Waals surface area contributed by atoms with E-state index in [4.69, 9.17) is 5.73 Å². The number of Topliss-reactive ketones (excluding diaryl/α,β-unsaturated/α-hetero) is 2. The average Bonchev–Trinajstić information content (AvgIpc) is 2.23. The minimum absolute atomic E-state index is 0.0636. The zero-order chi connectivity index (χ0) is 10.3. The van der Waals surface area contributed by atoms with E-state index in [-0.39, 0.29) is 17.3 Å². The Bertz CT molecular complexity index is 429. The Hall–Kier alpha value is -1.90. The molecule has 0 bridgehead atoms. The summed E-state index contributed by atoms with van der Waals surface area (Å²) in [5.41, 5.74) is 6.79. The number of nitrogens with two attached hydrogens (primary N) is 1. The molecule has 14 heavy (non-hydrogen) atoms. The average molecular weight is 187 g/mol. The number of carbonyl (C=O) groups is 2. The minimum atomic E-state index is -0.252. The highest BCUT2D eigenvalue weighted by Gasteiger charge is 2.27. The molecule has 70 valence electrons. The van der Waals surface area contributed by atoms with Gasteiger partial charge >= 0.3 is 0 Å². The fourth-order valence-corrected chi connectivity index (χ4v) is 1.52. The predicted octanol–water partition coefficient (Wildman–Crippen LogP) is 1.30. The van der Waals surface area contributed by atoms with Crippen molar-refractivity contribution >= 4 is 11.6 Å². The largest absolute Gasteiger partial charge is 0.395 e. The molecule has 0 aromatic heterocycles. The molecule has 2 rings (SSSR count). The number of benzene rings is 1. The van der Waals surface area contributed by atoms with Crippen molar-refractivity contribution in [2.45, 2.75) is 6.92 Å². The number of hydrogen-bond acceptors (Lipinski definition) is 3. The summed E-state index contributed by atoms with van der Waals surface area (Å²) >= 11 is 0.